The molecule has 3 atom stereocenters. The third kappa shape index (κ3) is 1.97. The molecule has 0 amide bonds. The van der Waals surface area contributed by atoms with E-state index in [4.69, 9.17) is 0 Å². The second-order valence-corrected chi connectivity index (χ2v) is 3.98. The summed E-state index contributed by atoms with van der Waals surface area (Å²) in [5.41, 5.74) is 0. The Morgan fingerprint density at radius 3 is 2.50 bits per heavy atom. The van der Waals surface area contributed by atoms with Crippen LogP contribution in [0.15, 0.2) is 0 Å². The van der Waals surface area contributed by atoms with Crippen LogP contribution in [0.5, 0.6) is 0 Å². The maximum absolute atomic E-state index is 3.48. The second-order valence-electron chi connectivity index (χ2n) is 3.98. The molecule has 3 unspecified atom stereocenters. The van der Waals surface area contributed by atoms with Gasteiger partial charge in [-0.25, -0.2) is 0 Å². The van der Waals surface area contributed by atoms with Crippen LogP contribution in [0.25, 0.3) is 0 Å². The van der Waals surface area contributed by atoms with E-state index in [9.17, 15) is 0 Å². The van der Waals surface area contributed by atoms with Gasteiger partial charge in [0.05, 0.1) is 6.17 Å². The summed E-state index contributed by atoms with van der Waals surface area (Å²) in [5, 5.41) is 10.2. The molecule has 1 fully saturated rings. The molecular weight excluding hydrogens is 150 g/mol. The third-order valence-corrected chi connectivity index (χ3v) is 2.78. The van der Waals surface area contributed by atoms with Gasteiger partial charge in [0.15, 0.2) is 0 Å². The summed E-state index contributed by atoms with van der Waals surface area (Å²) >= 11 is 0. The summed E-state index contributed by atoms with van der Waals surface area (Å²) in [6.07, 6.45) is 0.457. The fourth-order valence-electron chi connectivity index (χ4n) is 2.07. The van der Waals surface area contributed by atoms with Crippen molar-refractivity contribution in [1.29, 1.82) is 0 Å². The van der Waals surface area contributed by atoms with Crippen molar-refractivity contribution in [3.05, 3.63) is 0 Å². The summed E-state index contributed by atoms with van der Waals surface area (Å²) < 4.78 is 0. The Morgan fingerprint density at radius 2 is 2.00 bits per heavy atom. The van der Waals surface area contributed by atoms with Crippen molar-refractivity contribution in [3.8, 4) is 0 Å². The minimum absolute atomic E-state index is 0.457. The fourth-order valence-corrected chi connectivity index (χ4v) is 2.07. The van der Waals surface area contributed by atoms with Crippen LogP contribution >= 0.6 is 0 Å². The van der Waals surface area contributed by atoms with Crippen LogP contribution in [0.2, 0.25) is 0 Å². The average Bonchev–Trinajstić information content (AvgIpc) is 2.04. The van der Waals surface area contributed by atoms with Crippen molar-refractivity contribution >= 4 is 0 Å². The minimum atomic E-state index is 0.457. The zero-order chi connectivity index (χ0) is 9.14. The largest absolute Gasteiger partial charge is 0.305 e. The zero-order valence-electron chi connectivity index (χ0n) is 8.52. The second kappa shape index (κ2) is 4.21. The lowest BCUT2D eigenvalue weighted by Crippen LogP contribution is -2.62. The van der Waals surface area contributed by atoms with Gasteiger partial charge < -0.3 is 10.6 Å². The Labute approximate surface area is 75.3 Å². The SMILES string of the molecule is CNC1NCNC(C(C)C)C1C. The van der Waals surface area contributed by atoms with Gasteiger partial charge in [-0.2, -0.15) is 0 Å². The molecule has 0 bridgehead atoms. The van der Waals surface area contributed by atoms with Crippen molar-refractivity contribution in [2.75, 3.05) is 13.7 Å². The monoisotopic (exact) mass is 171 g/mol. The molecule has 0 aliphatic carbocycles. The molecule has 12 heavy (non-hydrogen) atoms. The van der Waals surface area contributed by atoms with E-state index in [1.807, 2.05) is 7.05 Å². The minimum Gasteiger partial charge on any atom is -0.305 e. The van der Waals surface area contributed by atoms with E-state index < -0.39 is 0 Å². The number of hydrogen-bond acceptors (Lipinski definition) is 3. The standard InChI is InChI=1S/C9H21N3/c1-6(2)8-7(3)9(10-4)12-5-11-8/h6-12H,5H2,1-4H3. The Balaban J connectivity index is 2.53. The van der Waals surface area contributed by atoms with Gasteiger partial charge in [0.25, 0.3) is 0 Å². The van der Waals surface area contributed by atoms with E-state index in [0.29, 0.717) is 24.0 Å². The molecule has 0 saturated carbocycles. The molecule has 0 aromatic heterocycles. The molecule has 3 nitrogen and oxygen atoms in total. The Bertz CT molecular complexity index is 136. The predicted molar refractivity (Wildman–Crippen MR) is 51.8 cm³/mol. The quantitative estimate of drug-likeness (QED) is 0.561. The highest BCUT2D eigenvalue weighted by molar-refractivity contribution is 4.86. The molecule has 1 aliphatic heterocycles. The van der Waals surface area contributed by atoms with Crippen LogP contribution < -0.4 is 16.0 Å². The molecule has 0 radical (unpaired) electrons. The van der Waals surface area contributed by atoms with Crippen LogP contribution in [0.4, 0.5) is 0 Å². The first kappa shape index (κ1) is 9.96. The molecule has 1 rings (SSSR count). The maximum Gasteiger partial charge on any atom is 0.0620 e. The summed E-state index contributed by atoms with van der Waals surface area (Å²) in [5.74, 6) is 1.35. The zero-order valence-corrected chi connectivity index (χ0v) is 8.52. The first-order valence-electron chi connectivity index (χ1n) is 4.81. The van der Waals surface area contributed by atoms with Gasteiger partial charge in [-0.15, -0.1) is 0 Å². The summed E-state index contributed by atoms with van der Waals surface area (Å²) in [6, 6.07) is 0.628. The smallest absolute Gasteiger partial charge is 0.0620 e. The van der Waals surface area contributed by atoms with Crippen molar-refractivity contribution in [3.63, 3.8) is 0 Å². The molecule has 0 aromatic carbocycles. The first-order chi connectivity index (χ1) is 5.66. The highest BCUT2D eigenvalue weighted by Gasteiger charge is 2.29. The number of rotatable bonds is 2. The average molecular weight is 171 g/mol. The Hall–Kier alpha value is -0.120. The van der Waals surface area contributed by atoms with Crippen LogP contribution in [-0.4, -0.2) is 25.9 Å². The van der Waals surface area contributed by atoms with Gasteiger partial charge in [-0.05, 0) is 13.0 Å². The van der Waals surface area contributed by atoms with Crippen LogP contribution in [0, 0.1) is 11.8 Å². The van der Waals surface area contributed by atoms with Crippen molar-refractivity contribution < 1.29 is 0 Å². The summed E-state index contributed by atoms with van der Waals surface area (Å²) in [4.78, 5) is 0. The topological polar surface area (TPSA) is 36.1 Å². The van der Waals surface area contributed by atoms with E-state index in [0.717, 1.165) is 6.67 Å². The Kier molecular flexibility index (Phi) is 3.50. The van der Waals surface area contributed by atoms with Crippen LogP contribution in [0.3, 0.4) is 0 Å². The predicted octanol–water partition coefficient (Wildman–Crippen LogP) is 0.343. The van der Waals surface area contributed by atoms with Crippen molar-refractivity contribution in [2.45, 2.75) is 33.0 Å². The van der Waals surface area contributed by atoms with Crippen molar-refractivity contribution in [1.82, 2.24) is 16.0 Å². The van der Waals surface area contributed by atoms with E-state index in [1.54, 1.807) is 0 Å². The first-order valence-corrected chi connectivity index (χ1v) is 4.81. The fraction of sp³-hybridized carbons (Fsp3) is 1.00. The molecule has 1 heterocycles. The Morgan fingerprint density at radius 1 is 1.33 bits per heavy atom. The van der Waals surface area contributed by atoms with Gasteiger partial charge in [0.2, 0.25) is 0 Å². The molecule has 3 N–H and O–H groups in total. The van der Waals surface area contributed by atoms with Crippen molar-refractivity contribution in [2.24, 2.45) is 11.8 Å². The number of nitrogens with one attached hydrogen (secondary N) is 3. The lowest BCUT2D eigenvalue weighted by molar-refractivity contribution is 0.168. The van der Waals surface area contributed by atoms with E-state index >= 15 is 0 Å². The van der Waals surface area contributed by atoms with E-state index in [-0.39, 0.29) is 0 Å². The van der Waals surface area contributed by atoms with Gasteiger partial charge in [-0.3, -0.25) is 5.32 Å². The van der Waals surface area contributed by atoms with Crippen LogP contribution in [0.1, 0.15) is 20.8 Å². The lowest BCUT2D eigenvalue weighted by atomic mass is 9.88. The molecule has 0 aromatic rings. The van der Waals surface area contributed by atoms with Gasteiger partial charge in [0, 0.05) is 18.6 Å². The van der Waals surface area contributed by atoms with Crippen LogP contribution in [-0.2, 0) is 0 Å². The molecule has 0 spiro atoms. The highest BCUT2D eigenvalue weighted by atomic mass is 15.2. The molecular formula is C9H21N3. The normalized spacial score (nSPS) is 37.2. The molecule has 3 heteroatoms. The highest BCUT2D eigenvalue weighted by Crippen LogP contribution is 2.17. The van der Waals surface area contributed by atoms with Gasteiger partial charge >= 0.3 is 0 Å². The summed E-state index contributed by atoms with van der Waals surface area (Å²) in [7, 11) is 2.01. The van der Waals surface area contributed by atoms with E-state index in [1.165, 1.54) is 0 Å². The van der Waals surface area contributed by atoms with E-state index in [2.05, 4.69) is 36.7 Å². The maximum atomic E-state index is 3.48. The third-order valence-electron chi connectivity index (χ3n) is 2.78. The summed E-state index contributed by atoms with van der Waals surface area (Å²) in [6.45, 7) is 7.74. The van der Waals surface area contributed by atoms with Gasteiger partial charge in [-0.1, -0.05) is 20.8 Å². The lowest BCUT2D eigenvalue weighted by Gasteiger charge is -2.39. The molecule has 1 saturated heterocycles. The molecule has 72 valence electrons. The molecule has 1 aliphatic rings. The van der Waals surface area contributed by atoms with Gasteiger partial charge in [0.1, 0.15) is 0 Å². The number of hydrogen-bond donors (Lipinski definition) is 3.